The Morgan fingerprint density at radius 1 is 1.14 bits per heavy atom. The summed E-state index contributed by atoms with van der Waals surface area (Å²) < 4.78 is 1.27. The van der Waals surface area contributed by atoms with Gasteiger partial charge in [-0.3, -0.25) is 0 Å². The molecule has 0 amide bonds. The third-order valence-electron chi connectivity index (χ3n) is 1.89. The van der Waals surface area contributed by atoms with Crippen LogP contribution in [0.25, 0.3) is 16.6 Å². The Kier molecular flexibility index (Phi) is 1.40. The van der Waals surface area contributed by atoms with E-state index in [2.05, 4.69) is 25.8 Å². The van der Waals surface area contributed by atoms with Crippen molar-refractivity contribution in [1.29, 1.82) is 0 Å². The average Bonchev–Trinajstić information content (AvgIpc) is 2.65. The van der Waals surface area contributed by atoms with Gasteiger partial charge in [-0.2, -0.15) is 0 Å². The van der Waals surface area contributed by atoms with Crippen molar-refractivity contribution in [2.75, 3.05) is 0 Å². The standard InChI is InChI=1S/C7H3ClN6/c8-4-1-2-5-6(3-4)9-12-14-7(5)10-11-13-14/h1-3H. The Hall–Kier alpha value is -1.82. The number of hydrogen-bond donors (Lipinski definition) is 0. The molecule has 0 N–H and O–H groups in total. The van der Waals surface area contributed by atoms with Crippen molar-refractivity contribution in [1.82, 2.24) is 30.5 Å². The van der Waals surface area contributed by atoms with Crippen LogP contribution in [-0.2, 0) is 0 Å². The largest absolute Gasteiger partial charge is 0.211 e. The minimum absolute atomic E-state index is 0.576. The quantitative estimate of drug-likeness (QED) is 0.542. The molecule has 2 heterocycles. The summed E-state index contributed by atoms with van der Waals surface area (Å²) in [6.45, 7) is 0. The normalized spacial score (nSPS) is 11.2. The van der Waals surface area contributed by atoms with E-state index in [4.69, 9.17) is 11.6 Å². The van der Waals surface area contributed by atoms with Gasteiger partial charge >= 0.3 is 0 Å². The molecule has 6 nitrogen and oxygen atoms in total. The topological polar surface area (TPSA) is 68.9 Å². The van der Waals surface area contributed by atoms with E-state index in [1.54, 1.807) is 12.1 Å². The second kappa shape index (κ2) is 2.58. The molecule has 0 saturated heterocycles. The van der Waals surface area contributed by atoms with Gasteiger partial charge in [0.15, 0.2) is 0 Å². The van der Waals surface area contributed by atoms with E-state index in [0.717, 1.165) is 5.39 Å². The van der Waals surface area contributed by atoms with Crippen molar-refractivity contribution >= 4 is 28.2 Å². The third-order valence-corrected chi connectivity index (χ3v) is 2.13. The molecule has 0 aliphatic rings. The van der Waals surface area contributed by atoms with Crippen molar-refractivity contribution in [3.05, 3.63) is 23.2 Å². The fraction of sp³-hybridized carbons (Fsp3) is 0. The second-order valence-electron chi connectivity index (χ2n) is 2.74. The number of rotatable bonds is 0. The van der Waals surface area contributed by atoms with Crippen molar-refractivity contribution in [3.63, 3.8) is 0 Å². The maximum atomic E-state index is 5.82. The number of benzene rings is 1. The Morgan fingerprint density at radius 2 is 2.07 bits per heavy atom. The predicted octanol–water partition coefficient (Wildman–Crippen LogP) is 0.721. The monoisotopic (exact) mass is 206 g/mol. The number of tetrazole rings is 1. The summed E-state index contributed by atoms with van der Waals surface area (Å²) in [6.07, 6.45) is 0. The maximum Gasteiger partial charge on any atom is 0.211 e. The van der Waals surface area contributed by atoms with E-state index in [1.807, 2.05) is 6.07 Å². The smallest absolute Gasteiger partial charge is 0.130 e. The lowest BCUT2D eigenvalue weighted by Gasteiger charge is -1.95. The van der Waals surface area contributed by atoms with E-state index < -0.39 is 0 Å². The van der Waals surface area contributed by atoms with Gasteiger partial charge < -0.3 is 0 Å². The van der Waals surface area contributed by atoms with Gasteiger partial charge in [0, 0.05) is 5.02 Å². The molecule has 14 heavy (non-hydrogen) atoms. The average molecular weight is 207 g/mol. The van der Waals surface area contributed by atoms with Crippen LogP contribution in [0, 0.1) is 0 Å². The van der Waals surface area contributed by atoms with Gasteiger partial charge in [-0.15, -0.1) is 10.2 Å². The molecule has 0 atom stereocenters. The fourth-order valence-electron chi connectivity index (χ4n) is 1.27. The van der Waals surface area contributed by atoms with Crippen LogP contribution in [0.4, 0.5) is 0 Å². The molecule has 0 unspecified atom stereocenters. The summed E-state index contributed by atoms with van der Waals surface area (Å²) in [7, 11) is 0. The lowest BCUT2D eigenvalue weighted by molar-refractivity contribution is 0.688. The van der Waals surface area contributed by atoms with Gasteiger partial charge in [0.05, 0.1) is 5.39 Å². The van der Waals surface area contributed by atoms with Crippen LogP contribution in [0.3, 0.4) is 0 Å². The first kappa shape index (κ1) is 7.57. The maximum absolute atomic E-state index is 5.82. The summed E-state index contributed by atoms with van der Waals surface area (Å²) >= 11 is 5.82. The van der Waals surface area contributed by atoms with Gasteiger partial charge in [0.1, 0.15) is 5.52 Å². The van der Waals surface area contributed by atoms with Crippen LogP contribution in [0.1, 0.15) is 0 Å². The highest BCUT2D eigenvalue weighted by Gasteiger charge is 2.05. The van der Waals surface area contributed by atoms with Crippen LogP contribution in [0.2, 0.25) is 5.02 Å². The molecule has 68 valence electrons. The first-order valence-electron chi connectivity index (χ1n) is 3.85. The zero-order valence-electron chi connectivity index (χ0n) is 6.79. The Balaban J connectivity index is 2.57. The molecule has 0 aliphatic heterocycles. The first-order chi connectivity index (χ1) is 6.84. The number of nitrogens with zero attached hydrogens (tertiary/aromatic N) is 6. The molecule has 3 aromatic rings. The molecule has 1 aromatic carbocycles. The Bertz CT molecular complexity index is 618. The van der Waals surface area contributed by atoms with Gasteiger partial charge in [-0.25, -0.2) is 0 Å². The highest BCUT2D eigenvalue weighted by molar-refractivity contribution is 6.31. The van der Waals surface area contributed by atoms with Crippen LogP contribution in [0.5, 0.6) is 0 Å². The van der Waals surface area contributed by atoms with Crippen molar-refractivity contribution in [3.8, 4) is 0 Å². The van der Waals surface area contributed by atoms with E-state index in [-0.39, 0.29) is 0 Å². The van der Waals surface area contributed by atoms with Gasteiger partial charge in [0.2, 0.25) is 5.65 Å². The molecule has 3 rings (SSSR count). The van der Waals surface area contributed by atoms with E-state index in [0.29, 0.717) is 16.2 Å². The van der Waals surface area contributed by atoms with Crippen LogP contribution < -0.4 is 0 Å². The Labute approximate surface area is 82.5 Å². The molecule has 0 fully saturated rings. The van der Waals surface area contributed by atoms with Crippen molar-refractivity contribution < 1.29 is 0 Å². The zero-order valence-corrected chi connectivity index (χ0v) is 7.55. The number of hydrogen-bond acceptors (Lipinski definition) is 5. The molecule has 0 bridgehead atoms. The van der Waals surface area contributed by atoms with Crippen LogP contribution in [-0.4, -0.2) is 30.5 Å². The summed E-state index contributed by atoms with van der Waals surface area (Å²) in [5.41, 5.74) is 1.26. The van der Waals surface area contributed by atoms with Gasteiger partial charge in [-0.05, 0) is 33.8 Å². The summed E-state index contributed by atoms with van der Waals surface area (Å²) in [5, 5.41) is 20.1. The zero-order chi connectivity index (χ0) is 9.54. The number of fused-ring (bicyclic) bond motifs is 3. The molecule has 7 heteroatoms. The summed E-state index contributed by atoms with van der Waals surface area (Å²) in [4.78, 5) is 0. The molecular weight excluding hydrogens is 204 g/mol. The molecule has 0 radical (unpaired) electrons. The summed E-state index contributed by atoms with van der Waals surface area (Å²) in [6, 6.07) is 5.30. The van der Waals surface area contributed by atoms with E-state index in [1.165, 1.54) is 4.63 Å². The minimum Gasteiger partial charge on any atom is -0.130 e. The Morgan fingerprint density at radius 3 is 3.00 bits per heavy atom. The minimum atomic E-state index is 0.576. The lowest BCUT2D eigenvalue weighted by atomic mass is 10.2. The second-order valence-corrected chi connectivity index (χ2v) is 3.18. The van der Waals surface area contributed by atoms with Crippen molar-refractivity contribution in [2.45, 2.75) is 0 Å². The molecular formula is C7H3ClN6. The van der Waals surface area contributed by atoms with Crippen molar-refractivity contribution in [2.24, 2.45) is 0 Å². The number of aromatic nitrogens is 6. The summed E-state index contributed by atoms with van der Waals surface area (Å²) in [5.74, 6) is 0. The molecule has 0 spiro atoms. The molecule has 2 aromatic heterocycles. The molecule has 0 aliphatic carbocycles. The highest BCUT2D eigenvalue weighted by Crippen LogP contribution is 2.18. The first-order valence-corrected chi connectivity index (χ1v) is 4.23. The van der Waals surface area contributed by atoms with E-state index >= 15 is 0 Å². The van der Waals surface area contributed by atoms with Crippen LogP contribution >= 0.6 is 11.6 Å². The SMILES string of the molecule is Clc1ccc2c(c1)nnn1nnnc21. The third kappa shape index (κ3) is 0.942. The fourth-order valence-corrected chi connectivity index (χ4v) is 1.44. The predicted molar refractivity (Wildman–Crippen MR) is 48.9 cm³/mol. The molecule has 0 saturated carbocycles. The highest BCUT2D eigenvalue weighted by atomic mass is 35.5. The van der Waals surface area contributed by atoms with Gasteiger partial charge in [0.25, 0.3) is 0 Å². The van der Waals surface area contributed by atoms with Gasteiger partial charge in [-0.1, -0.05) is 16.2 Å². The van der Waals surface area contributed by atoms with E-state index in [9.17, 15) is 0 Å². The number of halogens is 1. The van der Waals surface area contributed by atoms with Crippen LogP contribution in [0.15, 0.2) is 18.2 Å². The lowest BCUT2D eigenvalue weighted by Crippen LogP contribution is -1.97.